The quantitative estimate of drug-likeness (QED) is 0.767. The van der Waals surface area contributed by atoms with Gasteiger partial charge in [0.25, 0.3) is 5.91 Å². The minimum atomic E-state index is -0.307. The van der Waals surface area contributed by atoms with Crippen LogP contribution in [0.4, 0.5) is 0 Å². The van der Waals surface area contributed by atoms with Crippen molar-refractivity contribution in [3.8, 4) is 0 Å². The number of morpholine rings is 1. The molecule has 2 heterocycles. The van der Waals surface area contributed by atoms with Gasteiger partial charge in [-0.1, -0.05) is 24.3 Å². The summed E-state index contributed by atoms with van der Waals surface area (Å²) in [5.74, 6) is 0.105. The fourth-order valence-electron chi connectivity index (χ4n) is 2.42. The maximum atomic E-state index is 12.2. The monoisotopic (exact) mass is 232 g/mol. The van der Waals surface area contributed by atoms with E-state index in [-0.39, 0.29) is 12.0 Å². The van der Waals surface area contributed by atoms with Gasteiger partial charge in [-0.15, -0.1) is 0 Å². The second-order valence-electron chi connectivity index (χ2n) is 4.53. The van der Waals surface area contributed by atoms with Gasteiger partial charge in [-0.3, -0.25) is 4.79 Å². The van der Waals surface area contributed by atoms with Crippen LogP contribution in [0.1, 0.15) is 11.1 Å². The second kappa shape index (κ2) is 4.47. The lowest BCUT2D eigenvalue weighted by atomic mass is 10.1. The zero-order valence-corrected chi connectivity index (χ0v) is 9.69. The maximum Gasteiger partial charge on any atom is 0.253 e. The van der Waals surface area contributed by atoms with Crippen molar-refractivity contribution in [1.29, 1.82) is 0 Å². The molecule has 1 saturated heterocycles. The van der Waals surface area contributed by atoms with Gasteiger partial charge in [-0.25, -0.2) is 0 Å². The van der Waals surface area contributed by atoms with E-state index in [4.69, 9.17) is 4.74 Å². The number of fused-ring (bicyclic) bond motifs is 1. The van der Waals surface area contributed by atoms with Crippen molar-refractivity contribution in [2.45, 2.75) is 19.2 Å². The topological polar surface area (TPSA) is 41.6 Å². The Morgan fingerprint density at radius 1 is 1.29 bits per heavy atom. The Hall–Kier alpha value is -1.39. The predicted molar refractivity (Wildman–Crippen MR) is 63.3 cm³/mol. The average Bonchev–Trinajstić information content (AvgIpc) is 2.82. The van der Waals surface area contributed by atoms with Gasteiger partial charge in [-0.05, 0) is 11.1 Å². The van der Waals surface area contributed by atoms with Crippen LogP contribution in [0.3, 0.4) is 0 Å². The molecule has 0 radical (unpaired) electrons. The first kappa shape index (κ1) is 10.7. The summed E-state index contributed by atoms with van der Waals surface area (Å²) in [4.78, 5) is 14.1. The second-order valence-corrected chi connectivity index (χ2v) is 4.53. The third kappa shape index (κ3) is 2.06. The minimum absolute atomic E-state index is 0.105. The van der Waals surface area contributed by atoms with Crippen molar-refractivity contribution >= 4 is 5.91 Å². The van der Waals surface area contributed by atoms with E-state index in [2.05, 4.69) is 17.4 Å². The standard InChI is InChI=1S/C13H16N2O2/c16-13(12-7-14-5-6-17-12)15-8-10-3-1-2-4-11(10)9-15/h1-4,12,14H,5-9H2. The van der Waals surface area contributed by atoms with Crippen molar-refractivity contribution < 1.29 is 9.53 Å². The van der Waals surface area contributed by atoms with Crippen LogP contribution in [-0.4, -0.2) is 36.6 Å². The summed E-state index contributed by atoms with van der Waals surface area (Å²) in [5.41, 5.74) is 2.51. The van der Waals surface area contributed by atoms with Gasteiger partial charge >= 0.3 is 0 Å². The third-order valence-corrected chi connectivity index (χ3v) is 3.36. The van der Waals surface area contributed by atoms with Gasteiger partial charge in [0, 0.05) is 26.2 Å². The first-order chi connectivity index (χ1) is 8.34. The molecule has 1 aromatic carbocycles. The number of ether oxygens (including phenoxy) is 1. The molecule has 0 bridgehead atoms. The van der Waals surface area contributed by atoms with E-state index in [9.17, 15) is 4.79 Å². The van der Waals surface area contributed by atoms with Gasteiger partial charge in [0.1, 0.15) is 6.10 Å². The Labute approximate surface area is 101 Å². The highest BCUT2D eigenvalue weighted by molar-refractivity contribution is 5.82. The average molecular weight is 232 g/mol. The first-order valence-electron chi connectivity index (χ1n) is 6.02. The van der Waals surface area contributed by atoms with E-state index < -0.39 is 0 Å². The van der Waals surface area contributed by atoms with Crippen LogP contribution in [0, 0.1) is 0 Å². The number of hydrogen-bond donors (Lipinski definition) is 1. The highest BCUT2D eigenvalue weighted by Crippen LogP contribution is 2.23. The van der Waals surface area contributed by atoms with Crippen molar-refractivity contribution in [1.82, 2.24) is 10.2 Å². The summed E-state index contributed by atoms with van der Waals surface area (Å²) in [6.45, 7) is 3.52. The summed E-state index contributed by atoms with van der Waals surface area (Å²) in [5, 5.41) is 3.19. The molecule has 4 heteroatoms. The van der Waals surface area contributed by atoms with Crippen LogP contribution in [0.15, 0.2) is 24.3 Å². The Morgan fingerprint density at radius 2 is 2.00 bits per heavy atom. The molecule has 3 rings (SSSR count). The summed E-state index contributed by atoms with van der Waals surface area (Å²) in [7, 11) is 0. The molecule has 2 aliphatic rings. The van der Waals surface area contributed by atoms with Gasteiger partial charge < -0.3 is 15.0 Å². The SMILES string of the molecule is O=C(C1CNCCO1)N1Cc2ccccc2C1. The van der Waals surface area contributed by atoms with Crippen molar-refractivity contribution in [2.75, 3.05) is 19.7 Å². The van der Waals surface area contributed by atoms with Gasteiger partial charge in [0.15, 0.2) is 0 Å². The van der Waals surface area contributed by atoms with Gasteiger partial charge in [0.05, 0.1) is 6.61 Å². The molecule has 2 aliphatic heterocycles. The van der Waals surface area contributed by atoms with Crippen LogP contribution in [0.2, 0.25) is 0 Å². The number of amides is 1. The molecule has 1 amide bonds. The largest absolute Gasteiger partial charge is 0.366 e. The minimum Gasteiger partial charge on any atom is -0.366 e. The lowest BCUT2D eigenvalue weighted by molar-refractivity contribution is -0.145. The highest BCUT2D eigenvalue weighted by atomic mass is 16.5. The summed E-state index contributed by atoms with van der Waals surface area (Å²) < 4.78 is 5.50. The van der Waals surface area contributed by atoms with E-state index >= 15 is 0 Å². The molecule has 0 aromatic heterocycles. The molecule has 17 heavy (non-hydrogen) atoms. The zero-order valence-electron chi connectivity index (χ0n) is 9.69. The third-order valence-electron chi connectivity index (χ3n) is 3.36. The maximum absolute atomic E-state index is 12.2. The Morgan fingerprint density at radius 3 is 2.59 bits per heavy atom. The fraction of sp³-hybridized carbons (Fsp3) is 0.462. The number of rotatable bonds is 1. The molecule has 90 valence electrons. The normalized spacial score (nSPS) is 23.5. The Balaban J connectivity index is 1.69. The summed E-state index contributed by atoms with van der Waals surface area (Å²) in [6.07, 6.45) is -0.307. The molecular weight excluding hydrogens is 216 g/mol. The number of nitrogens with zero attached hydrogens (tertiary/aromatic N) is 1. The fourth-order valence-corrected chi connectivity index (χ4v) is 2.42. The van der Waals surface area contributed by atoms with E-state index in [1.807, 2.05) is 17.0 Å². The van der Waals surface area contributed by atoms with Crippen LogP contribution in [0.5, 0.6) is 0 Å². The lowest BCUT2D eigenvalue weighted by Gasteiger charge is -2.26. The number of nitrogens with one attached hydrogen (secondary N) is 1. The number of carbonyl (C=O) groups excluding carboxylic acids is 1. The lowest BCUT2D eigenvalue weighted by Crippen LogP contribution is -2.48. The van der Waals surface area contributed by atoms with E-state index in [0.29, 0.717) is 13.2 Å². The van der Waals surface area contributed by atoms with Crippen LogP contribution >= 0.6 is 0 Å². The summed E-state index contributed by atoms with van der Waals surface area (Å²) in [6, 6.07) is 8.21. The van der Waals surface area contributed by atoms with Gasteiger partial charge in [0.2, 0.25) is 0 Å². The molecule has 1 atom stereocenters. The van der Waals surface area contributed by atoms with E-state index in [1.165, 1.54) is 11.1 Å². The molecule has 0 spiro atoms. The van der Waals surface area contributed by atoms with Crippen molar-refractivity contribution in [3.63, 3.8) is 0 Å². The number of carbonyl (C=O) groups is 1. The van der Waals surface area contributed by atoms with Crippen molar-refractivity contribution in [3.05, 3.63) is 35.4 Å². The zero-order chi connectivity index (χ0) is 11.7. The highest BCUT2D eigenvalue weighted by Gasteiger charge is 2.30. The van der Waals surface area contributed by atoms with Crippen LogP contribution < -0.4 is 5.32 Å². The Kier molecular flexibility index (Phi) is 2.82. The molecule has 1 unspecified atom stereocenters. The predicted octanol–water partition coefficient (Wildman–Crippen LogP) is 0.517. The van der Waals surface area contributed by atoms with Crippen LogP contribution in [0.25, 0.3) is 0 Å². The number of hydrogen-bond acceptors (Lipinski definition) is 3. The summed E-state index contributed by atoms with van der Waals surface area (Å²) >= 11 is 0. The Bertz CT molecular complexity index is 402. The van der Waals surface area contributed by atoms with Crippen LogP contribution in [-0.2, 0) is 22.6 Å². The van der Waals surface area contributed by atoms with E-state index in [1.54, 1.807) is 0 Å². The van der Waals surface area contributed by atoms with Crippen molar-refractivity contribution in [2.24, 2.45) is 0 Å². The molecule has 1 fully saturated rings. The molecule has 1 N–H and O–H groups in total. The molecule has 0 aliphatic carbocycles. The molecule has 4 nitrogen and oxygen atoms in total. The molecule has 0 saturated carbocycles. The molecule has 1 aromatic rings. The van der Waals surface area contributed by atoms with Gasteiger partial charge in [-0.2, -0.15) is 0 Å². The first-order valence-corrected chi connectivity index (χ1v) is 6.02. The smallest absolute Gasteiger partial charge is 0.253 e. The van der Waals surface area contributed by atoms with E-state index in [0.717, 1.165) is 19.6 Å². The molecular formula is C13H16N2O2. The number of benzene rings is 1.